The predicted octanol–water partition coefficient (Wildman–Crippen LogP) is 3.59. The van der Waals surface area contributed by atoms with Gasteiger partial charge in [-0.3, -0.25) is 0 Å². The van der Waals surface area contributed by atoms with E-state index in [1.807, 2.05) is 36.1 Å². The fourth-order valence-electron chi connectivity index (χ4n) is 3.38. The van der Waals surface area contributed by atoms with Gasteiger partial charge in [-0.25, -0.2) is 4.79 Å². The summed E-state index contributed by atoms with van der Waals surface area (Å²) in [5.74, 6) is 0.852. The first kappa shape index (κ1) is 16.6. The SMILES string of the molecule is CC(O)C1CCN(C(=O)NC(c2ccc(Cl)cc2)C2CC2)CC1. The van der Waals surface area contributed by atoms with Crippen molar-refractivity contribution < 1.29 is 9.90 Å². The first-order chi connectivity index (χ1) is 11.0. The first-order valence-electron chi connectivity index (χ1n) is 8.53. The van der Waals surface area contributed by atoms with E-state index in [0.717, 1.165) is 49.4 Å². The number of carbonyl (C=O) groups is 1. The Morgan fingerprint density at radius 2 is 1.78 bits per heavy atom. The number of rotatable bonds is 4. The number of amides is 2. The molecular formula is C18H25ClN2O2. The number of aliphatic hydroxyl groups excluding tert-OH is 1. The van der Waals surface area contributed by atoms with Crippen molar-refractivity contribution in [3.63, 3.8) is 0 Å². The zero-order valence-electron chi connectivity index (χ0n) is 13.5. The molecule has 1 aromatic rings. The zero-order chi connectivity index (χ0) is 16.4. The van der Waals surface area contributed by atoms with Gasteiger partial charge < -0.3 is 15.3 Å². The van der Waals surface area contributed by atoms with Crippen molar-refractivity contribution in [2.75, 3.05) is 13.1 Å². The summed E-state index contributed by atoms with van der Waals surface area (Å²) in [4.78, 5) is 14.5. The topological polar surface area (TPSA) is 52.6 Å². The number of nitrogens with zero attached hydrogens (tertiary/aromatic N) is 1. The molecule has 2 fully saturated rings. The van der Waals surface area contributed by atoms with Crippen LogP contribution in [0.3, 0.4) is 0 Å². The second-order valence-corrected chi connectivity index (χ2v) is 7.32. The van der Waals surface area contributed by atoms with Crippen molar-refractivity contribution >= 4 is 17.6 Å². The first-order valence-corrected chi connectivity index (χ1v) is 8.91. The molecule has 0 spiro atoms. The zero-order valence-corrected chi connectivity index (χ0v) is 14.3. The van der Waals surface area contributed by atoms with Gasteiger partial charge in [0, 0.05) is 18.1 Å². The van der Waals surface area contributed by atoms with Crippen molar-refractivity contribution in [2.45, 2.75) is 44.8 Å². The van der Waals surface area contributed by atoms with Crippen LogP contribution in [-0.2, 0) is 0 Å². The molecule has 1 heterocycles. The van der Waals surface area contributed by atoms with Gasteiger partial charge >= 0.3 is 6.03 Å². The van der Waals surface area contributed by atoms with Gasteiger partial charge in [-0.1, -0.05) is 23.7 Å². The van der Waals surface area contributed by atoms with E-state index in [-0.39, 0.29) is 18.2 Å². The Morgan fingerprint density at radius 1 is 1.17 bits per heavy atom. The van der Waals surface area contributed by atoms with E-state index in [1.165, 1.54) is 0 Å². The van der Waals surface area contributed by atoms with E-state index in [4.69, 9.17) is 11.6 Å². The van der Waals surface area contributed by atoms with Crippen LogP contribution in [0.5, 0.6) is 0 Å². The molecule has 0 aromatic heterocycles. The Kier molecular flexibility index (Phi) is 5.12. The Bertz CT molecular complexity index is 534. The smallest absolute Gasteiger partial charge is 0.317 e. The minimum absolute atomic E-state index is 0.0147. The average Bonchev–Trinajstić information content (AvgIpc) is 3.38. The van der Waals surface area contributed by atoms with Gasteiger partial charge in [0.25, 0.3) is 0 Å². The third-order valence-corrected chi connectivity index (χ3v) is 5.36. The minimum atomic E-state index is -0.284. The standard InChI is InChI=1S/C18H25ClN2O2/c1-12(22)13-8-10-21(11-9-13)18(23)20-17(14-2-3-14)15-4-6-16(19)7-5-15/h4-7,12-14,17,22H,2-3,8-11H2,1H3,(H,20,23). The van der Waals surface area contributed by atoms with E-state index in [0.29, 0.717) is 11.8 Å². The molecule has 2 N–H and O–H groups in total. The number of halogens is 1. The van der Waals surface area contributed by atoms with Crippen LogP contribution in [0, 0.1) is 11.8 Å². The lowest BCUT2D eigenvalue weighted by Gasteiger charge is -2.34. The molecule has 2 unspecified atom stereocenters. The van der Waals surface area contributed by atoms with Crippen molar-refractivity contribution in [3.8, 4) is 0 Å². The second kappa shape index (κ2) is 7.10. The molecule has 1 saturated carbocycles. The summed E-state index contributed by atoms with van der Waals surface area (Å²) in [6.07, 6.45) is 3.80. The van der Waals surface area contributed by atoms with Gasteiger partial charge in [-0.2, -0.15) is 0 Å². The molecule has 23 heavy (non-hydrogen) atoms. The molecule has 2 aliphatic rings. The maximum absolute atomic E-state index is 12.6. The molecule has 126 valence electrons. The summed E-state index contributed by atoms with van der Waals surface area (Å²) in [6.45, 7) is 3.28. The van der Waals surface area contributed by atoms with Crippen LogP contribution in [0.2, 0.25) is 5.02 Å². The van der Waals surface area contributed by atoms with Crippen LogP contribution < -0.4 is 5.32 Å². The average molecular weight is 337 g/mol. The number of piperidine rings is 1. The highest BCUT2D eigenvalue weighted by Crippen LogP contribution is 2.41. The van der Waals surface area contributed by atoms with Crippen molar-refractivity contribution in [3.05, 3.63) is 34.9 Å². The van der Waals surface area contributed by atoms with Gasteiger partial charge in [0.05, 0.1) is 12.1 Å². The molecule has 2 atom stereocenters. The fraction of sp³-hybridized carbons (Fsp3) is 0.611. The summed E-state index contributed by atoms with van der Waals surface area (Å²) in [5, 5.41) is 13.6. The lowest BCUT2D eigenvalue weighted by molar-refractivity contribution is 0.0791. The summed E-state index contributed by atoms with van der Waals surface area (Å²) >= 11 is 5.96. The quantitative estimate of drug-likeness (QED) is 0.882. The van der Waals surface area contributed by atoms with E-state index < -0.39 is 0 Å². The Labute approximate surface area is 142 Å². The van der Waals surface area contributed by atoms with Crippen LogP contribution in [0.4, 0.5) is 4.79 Å². The maximum Gasteiger partial charge on any atom is 0.317 e. The highest BCUT2D eigenvalue weighted by atomic mass is 35.5. The van der Waals surface area contributed by atoms with Crippen LogP contribution >= 0.6 is 11.6 Å². The summed E-state index contributed by atoms with van der Waals surface area (Å²) < 4.78 is 0. The largest absolute Gasteiger partial charge is 0.393 e. The Balaban J connectivity index is 1.60. The Morgan fingerprint density at radius 3 is 2.30 bits per heavy atom. The number of benzene rings is 1. The van der Waals surface area contributed by atoms with Gasteiger partial charge in [0.15, 0.2) is 0 Å². The molecule has 1 aliphatic heterocycles. The van der Waals surface area contributed by atoms with E-state index in [9.17, 15) is 9.90 Å². The molecule has 1 aliphatic carbocycles. The lowest BCUT2D eigenvalue weighted by Crippen LogP contribution is -2.47. The molecule has 3 rings (SSSR count). The highest BCUT2D eigenvalue weighted by molar-refractivity contribution is 6.30. The number of carbonyl (C=O) groups excluding carboxylic acids is 1. The number of hydrogen-bond acceptors (Lipinski definition) is 2. The predicted molar refractivity (Wildman–Crippen MR) is 91.4 cm³/mol. The van der Waals surface area contributed by atoms with Crippen LogP contribution in [0.15, 0.2) is 24.3 Å². The highest BCUT2D eigenvalue weighted by Gasteiger charge is 2.35. The van der Waals surface area contributed by atoms with Crippen molar-refractivity contribution in [1.29, 1.82) is 0 Å². The second-order valence-electron chi connectivity index (χ2n) is 6.88. The molecular weight excluding hydrogens is 312 g/mol. The molecule has 5 heteroatoms. The van der Waals surface area contributed by atoms with Gasteiger partial charge in [-0.05, 0) is 62.1 Å². The molecule has 0 radical (unpaired) electrons. The third-order valence-electron chi connectivity index (χ3n) is 5.11. The van der Waals surface area contributed by atoms with Gasteiger partial charge in [-0.15, -0.1) is 0 Å². The fourth-order valence-corrected chi connectivity index (χ4v) is 3.51. The third kappa shape index (κ3) is 4.18. The van der Waals surface area contributed by atoms with Crippen molar-refractivity contribution in [2.24, 2.45) is 11.8 Å². The van der Waals surface area contributed by atoms with Gasteiger partial charge in [0.1, 0.15) is 0 Å². The van der Waals surface area contributed by atoms with E-state index >= 15 is 0 Å². The molecule has 4 nitrogen and oxygen atoms in total. The molecule has 2 amide bonds. The van der Waals surface area contributed by atoms with Crippen LogP contribution in [0.25, 0.3) is 0 Å². The summed E-state index contributed by atoms with van der Waals surface area (Å²) in [7, 11) is 0. The molecule has 1 saturated heterocycles. The van der Waals surface area contributed by atoms with Gasteiger partial charge in [0.2, 0.25) is 0 Å². The van der Waals surface area contributed by atoms with E-state index in [2.05, 4.69) is 5.32 Å². The minimum Gasteiger partial charge on any atom is -0.393 e. The molecule has 0 bridgehead atoms. The Hall–Kier alpha value is -1.26. The molecule has 1 aromatic carbocycles. The van der Waals surface area contributed by atoms with E-state index in [1.54, 1.807) is 0 Å². The van der Waals surface area contributed by atoms with Crippen LogP contribution in [0.1, 0.15) is 44.2 Å². The number of aliphatic hydroxyl groups is 1. The number of likely N-dealkylation sites (tertiary alicyclic amines) is 1. The normalized spacial score (nSPS) is 21.8. The monoisotopic (exact) mass is 336 g/mol. The number of nitrogens with one attached hydrogen (secondary N) is 1. The summed E-state index contributed by atoms with van der Waals surface area (Å²) in [5.41, 5.74) is 1.13. The maximum atomic E-state index is 12.6. The number of hydrogen-bond donors (Lipinski definition) is 2. The lowest BCUT2D eigenvalue weighted by atomic mass is 9.92. The number of urea groups is 1. The summed E-state index contributed by atoms with van der Waals surface area (Å²) in [6, 6.07) is 7.87. The van der Waals surface area contributed by atoms with Crippen LogP contribution in [-0.4, -0.2) is 35.2 Å². The van der Waals surface area contributed by atoms with Crippen molar-refractivity contribution in [1.82, 2.24) is 10.2 Å².